The molecule has 12 saturated carbocycles. The molecule has 0 spiro atoms. The molecule has 0 amide bonds. The van der Waals surface area contributed by atoms with Crippen LogP contribution in [0.2, 0.25) is 10.0 Å². The zero-order valence-corrected chi connectivity index (χ0v) is 90.9. The van der Waals surface area contributed by atoms with Gasteiger partial charge in [-0.05, 0) is 428 Å². The van der Waals surface area contributed by atoms with Gasteiger partial charge in [-0.3, -0.25) is 0 Å². The first kappa shape index (κ1) is 109. The number of hydrogen-bond acceptors (Lipinski definition) is 0. The van der Waals surface area contributed by atoms with Crippen LogP contribution in [0.3, 0.4) is 0 Å². The second kappa shape index (κ2) is 50.4. The molecule has 24 rings (SSSR count). The summed E-state index contributed by atoms with van der Waals surface area (Å²) in [5.74, 6) is 9.16. The van der Waals surface area contributed by atoms with Crippen molar-refractivity contribution in [3.05, 3.63) is 353 Å². The van der Waals surface area contributed by atoms with Crippen molar-refractivity contribution < 1.29 is 52.5 Å². The Morgan fingerprint density at radius 3 is 0.427 bits per heavy atom. The van der Waals surface area contributed by atoms with E-state index in [1.54, 1.807) is 76.2 Å². The van der Waals surface area contributed by atoms with E-state index < -0.39 is 46.5 Å². The van der Waals surface area contributed by atoms with Gasteiger partial charge in [0.1, 0.15) is 11.6 Å². The summed E-state index contributed by atoms with van der Waals surface area (Å²) in [5.41, 5.74) is 18.6. The average Bonchev–Trinajstić information content (AvgIpc) is 1.43. The van der Waals surface area contributed by atoms with Gasteiger partial charge in [-0.15, -0.1) is 0 Å². The van der Waals surface area contributed by atoms with E-state index in [-0.39, 0.29) is 30.2 Å². The number of halogens is 12. The van der Waals surface area contributed by atoms with Crippen LogP contribution in [0.15, 0.2) is 218 Å². The van der Waals surface area contributed by atoms with Crippen LogP contribution >= 0.6 is 23.2 Å². The van der Waals surface area contributed by atoms with Crippen LogP contribution in [0.1, 0.15) is 381 Å². The van der Waals surface area contributed by atoms with E-state index in [4.69, 9.17) is 23.2 Å². The van der Waals surface area contributed by atoms with E-state index in [0.29, 0.717) is 91.1 Å². The third-order valence-corrected chi connectivity index (χ3v) is 39.7. The maximum absolute atomic E-state index is 14.5. The summed E-state index contributed by atoms with van der Waals surface area (Å²) in [6.45, 7) is 10.0. The third kappa shape index (κ3) is 26.1. The smallest absolute Gasteiger partial charge is 0.166 e. The summed E-state index contributed by atoms with van der Waals surface area (Å²) >= 11 is 12.1. The zero-order chi connectivity index (χ0) is 104. The molecular weight excluding hydrogens is 1920 g/mol. The minimum absolute atomic E-state index is 0. The normalized spacial score (nSPS) is 24.1. The quantitative estimate of drug-likeness (QED) is 0.0751. The van der Waals surface area contributed by atoms with Crippen molar-refractivity contribution in [1.82, 2.24) is 0 Å². The Bertz CT molecular complexity index is 6090. The SMILES string of the molecule is Cc1ccc(-c2ccc(C3CCC(C4CC4)CC3)cc2)c(F)c1F.Cc1ccc(-c2ccc(C3CCC(C4CC4)CC3)cc2)c(F)c1F.Cc1ccc(-c2ccc(C3CCC(C4CCC4)CC3)cc2)c(F)c1Cl.Cc1ccc(-c2ccc(C3CCC(C4CCC4)CC3)cc2)c(F)c1F.Cc1ccc(-c2ccc(C3CCC(C4CCCC4)CC3)cc2)c(F)c1Cl.Cc1ccc(-c2ccc(C3CCC(C4CCCC4)CC3)cc2)c(F)c1F.[HH].[HH].[HH].[HH].[HH].[HH]. The molecular formula is C138H168Cl2F10. The molecule has 12 fully saturated rings. The summed E-state index contributed by atoms with van der Waals surface area (Å²) in [6.07, 6.45) is 57.9. The molecule has 12 aromatic carbocycles. The molecule has 12 aliphatic carbocycles. The molecule has 0 atom stereocenters. The Hall–Kier alpha value is -9.48. The van der Waals surface area contributed by atoms with E-state index in [1.807, 2.05) is 86.6 Å². The van der Waals surface area contributed by atoms with Crippen molar-refractivity contribution >= 4 is 23.2 Å². The molecule has 12 heteroatoms. The summed E-state index contributed by atoms with van der Waals surface area (Å²) in [4.78, 5) is 0. The molecule has 12 aliphatic rings. The Balaban J connectivity index is 0.000000154. The highest BCUT2D eigenvalue weighted by Crippen LogP contribution is 2.54. The lowest BCUT2D eigenvalue weighted by molar-refractivity contribution is 0.154. The molecule has 12 aromatic rings. The van der Waals surface area contributed by atoms with Gasteiger partial charge in [-0.25, -0.2) is 43.9 Å². The lowest BCUT2D eigenvalue weighted by Gasteiger charge is -2.38. The molecule has 0 saturated heterocycles. The Labute approximate surface area is 907 Å². The van der Waals surface area contributed by atoms with E-state index in [1.165, 1.54) is 303 Å². The van der Waals surface area contributed by atoms with Crippen LogP contribution in [0.25, 0.3) is 66.8 Å². The van der Waals surface area contributed by atoms with Gasteiger partial charge in [0.15, 0.2) is 46.5 Å². The molecule has 0 heterocycles. The summed E-state index contributed by atoms with van der Waals surface area (Å²) in [6, 6.07) is 70.1. The summed E-state index contributed by atoms with van der Waals surface area (Å²) in [5, 5.41) is 0.465. The second-order valence-corrected chi connectivity index (χ2v) is 48.7. The molecule has 0 radical (unpaired) electrons. The van der Waals surface area contributed by atoms with Gasteiger partial charge < -0.3 is 0 Å². The molecule has 0 bridgehead atoms. The Kier molecular flexibility index (Phi) is 36.6. The highest BCUT2D eigenvalue weighted by atomic mass is 35.5. The van der Waals surface area contributed by atoms with Crippen LogP contribution in [0.4, 0.5) is 43.9 Å². The number of rotatable bonds is 18. The third-order valence-electron chi connectivity index (χ3n) is 38.8. The first-order chi connectivity index (χ1) is 72.8. The van der Waals surface area contributed by atoms with Crippen LogP contribution in [-0.2, 0) is 0 Å². The first-order valence-corrected chi connectivity index (χ1v) is 58.8. The second-order valence-electron chi connectivity index (χ2n) is 47.9. The van der Waals surface area contributed by atoms with Crippen molar-refractivity contribution in [2.45, 2.75) is 347 Å². The predicted octanol–water partition coefficient (Wildman–Crippen LogP) is 44.6. The lowest BCUT2D eigenvalue weighted by Crippen LogP contribution is -2.25. The van der Waals surface area contributed by atoms with Gasteiger partial charge >= 0.3 is 0 Å². The highest BCUT2D eigenvalue weighted by Gasteiger charge is 2.40. The zero-order valence-electron chi connectivity index (χ0n) is 89.4. The minimum Gasteiger partial charge on any atom is -0.205 e. The maximum atomic E-state index is 14.5. The van der Waals surface area contributed by atoms with Gasteiger partial charge in [-0.2, -0.15) is 0 Å². The van der Waals surface area contributed by atoms with E-state index in [2.05, 4.69) is 97.1 Å². The van der Waals surface area contributed by atoms with Gasteiger partial charge in [0.05, 0.1) is 10.0 Å². The van der Waals surface area contributed by atoms with E-state index >= 15 is 0 Å². The van der Waals surface area contributed by atoms with Crippen LogP contribution in [-0.4, -0.2) is 0 Å². The maximum Gasteiger partial charge on any atom is 0.166 e. The number of aryl methyl sites for hydroxylation is 6. The Morgan fingerprint density at radius 1 is 0.147 bits per heavy atom. The summed E-state index contributed by atoms with van der Waals surface area (Å²) in [7, 11) is 0. The van der Waals surface area contributed by atoms with Crippen molar-refractivity contribution in [2.75, 3.05) is 0 Å². The molecule has 0 N–H and O–H groups in total. The van der Waals surface area contributed by atoms with Crippen LogP contribution in [0, 0.1) is 171 Å². The molecule has 0 aromatic heterocycles. The average molecular weight is 2090 g/mol. The molecule has 0 aliphatic heterocycles. The van der Waals surface area contributed by atoms with E-state index in [0.717, 1.165) is 116 Å². The van der Waals surface area contributed by atoms with Crippen molar-refractivity contribution in [3.8, 4) is 66.8 Å². The summed E-state index contributed by atoms with van der Waals surface area (Å²) < 4.78 is 141. The van der Waals surface area contributed by atoms with Crippen molar-refractivity contribution in [2.24, 2.45) is 71.0 Å². The Morgan fingerprint density at radius 2 is 0.280 bits per heavy atom. The topological polar surface area (TPSA) is 0 Å². The number of hydrogen-bond donors (Lipinski definition) is 0. The van der Waals surface area contributed by atoms with Crippen LogP contribution < -0.4 is 0 Å². The fourth-order valence-corrected chi connectivity index (χ4v) is 28.5. The fraction of sp³-hybridized carbons (Fsp3) is 0.478. The van der Waals surface area contributed by atoms with Gasteiger partial charge in [-0.1, -0.05) is 331 Å². The lowest BCUT2D eigenvalue weighted by atomic mass is 9.67. The van der Waals surface area contributed by atoms with Gasteiger partial charge in [0.2, 0.25) is 0 Å². The van der Waals surface area contributed by atoms with E-state index in [9.17, 15) is 43.9 Å². The van der Waals surface area contributed by atoms with Gasteiger partial charge in [0.25, 0.3) is 0 Å². The molecule has 804 valence electrons. The standard InChI is InChI=1S/C24H28ClF.C24H28F2.C23H26ClF.C23H26F2.2C22H24F2.6H2/c2*1-16-6-15-22(24(26)23(16)25)21-13-11-20(12-14-21)19-9-7-18(8-10-19)17-4-2-3-5-17;2*1-15-5-14-21(23(25)22(15)24)20-12-10-19(11-13-20)18-8-6-17(7-9-18)16-3-2-4-16;2*1-14-2-13-20(22(24)21(14)23)19-11-9-18(10-12-19)17-7-5-16(6-8-17)15-3-4-15;;;;;;/h2*6,11-15,17-19H,2-5,7-10H2,1H3;2*5,10-14,16-18H,2-4,6-9H2,1H3;2*2,9-13,15-17H,3-8H2,1H3;6*1H. The first-order valence-electron chi connectivity index (χ1n) is 58.1. The number of benzene rings is 12. The highest BCUT2D eigenvalue weighted by molar-refractivity contribution is 6.32. The molecule has 0 nitrogen and oxygen atoms in total. The molecule has 150 heavy (non-hydrogen) atoms. The minimum atomic E-state index is -0.743. The fourth-order valence-electron chi connectivity index (χ4n) is 28.2. The van der Waals surface area contributed by atoms with Crippen molar-refractivity contribution in [1.29, 1.82) is 0 Å². The largest absolute Gasteiger partial charge is 0.205 e. The monoisotopic (exact) mass is 2090 g/mol. The predicted molar refractivity (Wildman–Crippen MR) is 614 cm³/mol. The van der Waals surface area contributed by atoms with Gasteiger partial charge in [0, 0.05) is 41.9 Å². The van der Waals surface area contributed by atoms with Crippen molar-refractivity contribution in [3.63, 3.8) is 0 Å². The molecule has 0 unspecified atom stereocenters. The van der Waals surface area contributed by atoms with Crippen LogP contribution in [0.5, 0.6) is 0 Å².